The van der Waals surface area contributed by atoms with E-state index in [2.05, 4.69) is 10.7 Å². The van der Waals surface area contributed by atoms with Gasteiger partial charge in [-0.1, -0.05) is 112 Å². The van der Waals surface area contributed by atoms with Crippen molar-refractivity contribution in [2.75, 3.05) is 6.26 Å². The molecule has 2 aliphatic rings. The average Bonchev–Trinajstić information content (AvgIpc) is 3.76. The van der Waals surface area contributed by atoms with Crippen LogP contribution in [0.1, 0.15) is 14.9 Å². The first-order chi connectivity index (χ1) is 21.8. The van der Waals surface area contributed by atoms with Crippen LogP contribution < -0.4 is 9.97 Å². The molecule has 1 radical (unpaired) electrons. The molecular formula is C35H27ClCuN8O2S. The quantitative estimate of drug-likeness (QED) is 0.114. The van der Waals surface area contributed by atoms with Crippen molar-refractivity contribution in [2.24, 2.45) is 0 Å². The molecule has 8 bridgehead atoms. The van der Waals surface area contributed by atoms with Crippen molar-refractivity contribution in [3.05, 3.63) is 97.1 Å². The second-order valence-electron chi connectivity index (χ2n) is 10.3. The zero-order valence-corrected chi connectivity index (χ0v) is 26.2. The van der Waals surface area contributed by atoms with Gasteiger partial charge in [0, 0.05) is 55.5 Å². The molecule has 243 valence electrons. The van der Waals surface area contributed by atoms with Gasteiger partial charge >= 0.3 is 17.1 Å². The molecule has 0 amide bonds. The van der Waals surface area contributed by atoms with E-state index in [1.165, 1.54) is 0 Å². The van der Waals surface area contributed by atoms with Crippen LogP contribution in [-0.4, -0.2) is 44.6 Å². The van der Waals surface area contributed by atoms with Gasteiger partial charge in [0.15, 0.2) is 0 Å². The molecule has 4 aromatic carbocycles. The summed E-state index contributed by atoms with van der Waals surface area (Å²) in [4.78, 5) is 39.3. The number of halogens is 1. The number of rotatable bonds is 0. The van der Waals surface area contributed by atoms with Crippen molar-refractivity contribution in [1.82, 2.24) is 39.9 Å². The van der Waals surface area contributed by atoms with Crippen molar-refractivity contribution in [3.63, 3.8) is 0 Å². The van der Waals surface area contributed by atoms with E-state index < -0.39 is 9.05 Å². The van der Waals surface area contributed by atoms with Crippen molar-refractivity contribution in [2.45, 2.75) is 14.9 Å². The fourth-order valence-electron chi connectivity index (χ4n) is 5.46. The van der Waals surface area contributed by atoms with Crippen molar-refractivity contribution in [1.29, 1.82) is 0 Å². The summed E-state index contributed by atoms with van der Waals surface area (Å²) in [6.07, 6.45) is 0.925. The van der Waals surface area contributed by atoms with Gasteiger partial charge < -0.3 is 29.9 Å². The molecule has 0 saturated heterocycles. The Labute approximate surface area is 291 Å². The Morgan fingerprint density at radius 2 is 0.667 bits per heavy atom. The summed E-state index contributed by atoms with van der Waals surface area (Å²) in [7, 11) is 1.31. The van der Waals surface area contributed by atoms with E-state index in [1.54, 1.807) is 0 Å². The molecule has 3 aromatic heterocycles. The monoisotopic (exact) mass is 721 g/mol. The largest absolute Gasteiger partial charge is 2.00 e. The average molecular weight is 723 g/mol. The van der Waals surface area contributed by atoms with Crippen LogP contribution in [0.2, 0.25) is 0 Å². The normalized spacial score (nSPS) is 11.2. The maximum Gasteiger partial charge on any atom is 2.00 e. The molecule has 48 heavy (non-hydrogen) atoms. The van der Waals surface area contributed by atoms with E-state index in [4.69, 9.17) is 39.9 Å². The number of hydrogen-bond acceptors (Lipinski definition) is 8. The Balaban J connectivity index is 0.000000528. The van der Waals surface area contributed by atoms with E-state index in [0.717, 1.165) is 50.1 Å². The van der Waals surface area contributed by atoms with Gasteiger partial charge in [0.2, 0.25) is 9.05 Å². The fraction of sp³-hybridized carbons (Fsp3) is 0.0857. The summed E-state index contributed by atoms with van der Waals surface area (Å²) >= 11 is 0. The maximum atomic E-state index is 9.40. The van der Waals surface area contributed by atoms with Gasteiger partial charge in [-0.2, -0.15) is 0 Å². The molecule has 5 heterocycles. The Bertz CT molecular complexity index is 2290. The molecule has 0 fully saturated rings. The van der Waals surface area contributed by atoms with Gasteiger partial charge in [0.1, 0.15) is 0 Å². The molecule has 7 aromatic rings. The standard InChI is InChI=1S/C32H16N8.CH3ClO2S.2CH4.Cu/c1-2-10-18-17(9-1)25-33-26(18)38-28-21-13-5-6-14-22(21)30(35-28)40-32-24-16-8-7-15-23(24)31(36-32)39-29-20-12-4-3-11-19(20)27(34-29)37-25;1-5(2,3)4;;;/h1-16H;1H3;2*1H4;/q-2;;;;+2. The third-order valence-corrected chi connectivity index (χ3v) is 7.33. The first-order valence-electron chi connectivity index (χ1n) is 13.8. The van der Waals surface area contributed by atoms with E-state index >= 15 is 0 Å². The minimum atomic E-state index is -3.19. The van der Waals surface area contributed by atoms with Gasteiger partial charge in [-0.3, -0.25) is 0 Å². The molecule has 9 rings (SSSR count). The smallest absolute Gasteiger partial charge is 0.357 e. The second kappa shape index (κ2) is 13.2. The second-order valence-corrected chi connectivity index (χ2v) is 13.4. The number of benzene rings is 4. The summed E-state index contributed by atoms with van der Waals surface area (Å²) < 4.78 is 18.8. The minimum absolute atomic E-state index is 0. The van der Waals surface area contributed by atoms with E-state index in [1.807, 2.05) is 97.1 Å². The number of hydrogen-bond donors (Lipinski definition) is 0. The van der Waals surface area contributed by atoms with E-state index in [9.17, 15) is 8.42 Å². The molecule has 0 aliphatic carbocycles. The number of nitrogens with zero attached hydrogens (tertiary/aromatic N) is 8. The predicted octanol–water partition coefficient (Wildman–Crippen LogP) is 7.58. The third kappa shape index (κ3) is 6.18. The predicted molar refractivity (Wildman–Crippen MR) is 188 cm³/mol. The molecular weight excluding hydrogens is 696 g/mol. The van der Waals surface area contributed by atoms with Gasteiger partial charge in [-0.25, -0.2) is 18.4 Å². The zero-order valence-electron chi connectivity index (χ0n) is 23.7. The van der Waals surface area contributed by atoms with Crippen LogP contribution in [0.3, 0.4) is 0 Å². The maximum absolute atomic E-state index is 9.40. The topological polar surface area (TPSA) is 140 Å². The summed E-state index contributed by atoms with van der Waals surface area (Å²) in [5, 5.41) is 3.57. The molecule has 0 atom stereocenters. The number of aromatic nitrogens is 8. The Kier molecular flexibility index (Phi) is 9.48. The molecule has 10 nitrogen and oxygen atoms in total. The van der Waals surface area contributed by atoms with Crippen LogP contribution in [0, 0.1) is 0 Å². The van der Waals surface area contributed by atoms with E-state index in [0.29, 0.717) is 45.9 Å². The van der Waals surface area contributed by atoms with Crippen LogP contribution >= 0.6 is 10.7 Å². The van der Waals surface area contributed by atoms with Gasteiger partial charge in [0.25, 0.3) is 0 Å². The van der Waals surface area contributed by atoms with Crippen LogP contribution in [0.4, 0.5) is 0 Å². The van der Waals surface area contributed by atoms with Gasteiger partial charge in [-0.05, 0) is 21.5 Å². The molecule has 0 unspecified atom stereocenters. The molecule has 2 aliphatic heterocycles. The first kappa shape index (κ1) is 34.3. The van der Waals surface area contributed by atoms with Gasteiger partial charge in [-0.15, -0.1) is 0 Å². The zero-order chi connectivity index (χ0) is 30.7. The van der Waals surface area contributed by atoms with Crippen LogP contribution in [0.25, 0.3) is 89.7 Å². The van der Waals surface area contributed by atoms with Crippen molar-refractivity contribution >= 4 is 63.9 Å². The minimum Gasteiger partial charge on any atom is -0.357 e. The fourth-order valence-corrected chi connectivity index (χ4v) is 5.46. The molecule has 0 saturated carbocycles. The Morgan fingerprint density at radius 3 is 0.896 bits per heavy atom. The summed E-state index contributed by atoms with van der Waals surface area (Å²) in [5.41, 5.74) is 5.78. The number of fused-ring (bicyclic) bond motifs is 20. The Hall–Kier alpha value is -5.00. The van der Waals surface area contributed by atoms with Gasteiger partial charge in [0.05, 0.1) is 29.6 Å². The molecule has 0 spiro atoms. The molecule has 13 heteroatoms. The SMILES string of the molecule is C.C.CS(=O)(=O)Cl.[Cu+2].c1ccc2c(c1)-c1nc-2nc2[n-]c(nc3nc(nc4[n-]c(n1)c1ccccc41)-c1ccccc1-3)c1ccccc21. The molecule has 0 N–H and O–H groups in total. The Morgan fingerprint density at radius 1 is 0.458 bits per heavy atom. The van der Waals surface area contributed by atoms with Crippen LogP contribution in [0.15, 0.2) is 97.1 Å². The first-order valence-corrected chi connectivity index (χ1v) is 16.5. The van der Waals surface area contributed by atoms with Crippen LogP contribution in [0.5, 0.6) is 0 Å². The third-order valence-electron chi connectivity index (χ3n) is 7.33. The van der Waals surface area contributed by atoms with Crippen molar-refractivity contribution in [3.8, 4) is 45.6 Å². The van der Waals surface area contributed by atoms with E-state index in [-0.39, 0.29) is 31.9 Å². The van der Waals surface area contributed by atoms with Crippen LogP contribution in [-0.2, 0) is 26.1 Å². The van der Waals surface area contributed by atoms with Crippen molar-refractivity contribution < 1.29 is 25.5 Å². The summed E-state index contributed by atoms with van der Waals surface area (Å²) in [6.45, 7) is 0. The summed E-state index contributed by atoms with van der Waals surface area (Å²) in [5.74, 6) is 2.21. The summed E-state index contributed by atoms with van der Waals surface area (Å²) in [6, 6.07) is 31.8.